The van der Waals surface area contributed by atoms with Crippen molar-refractivity contribution >= 4 is 23.1 Å². The zero-order valence-corrected chi connectivity index (χ0v) is 16.4. The lowest BCUT2D eigenvalue weighted by Gasteiger charge is -2.37. The molecule has 2 heterocycles. The summed E-state index contributed by atoms with van der Waals surface area (Å²) < 4.78 is 27.9. The van der Waals surface area contributed by atoms with E-state index in [0.717, 1.165) is 11.3 Å². The Hall–Kier alpha value is -3.02. The van der Waals surface area contributed by atoms with Gasteiger partial charge in [0.25, 0.3) is 11.8 Å². The predicted octanol–water partition coefficient (Wildman–Crippen LogP) is 4.23. The van der Waals surface area contributed by atoms with Crippen molar-refractivity contribution in [3.63, 3.8) is 0 Å². The minimum atomic E-state index is -0.644. The van der Waals surface area contributed by atoms with Crippen molar-refractivity contribution in [2.45, 2.75) is 20.3 Å². The summed E-state index contributed by atoms with van der Waals surface area (Å²) in [6.45, 7) is 5.48. The van der Waals surface area contributed by atoms with Crippen LogP contribution in [0.25, 0.3) is 5.57 Å². The van der Waals surface area contributed by atoms with Gasteiger partial charge in [-0.1, -0.05) is 38.1 Å². The van der Waals surface area contributed by atoms with Crippen LogP contribution in [0.1, 0.15) is 25.8 Å². The van der Waals surface area contributed by atoms with Crippen LogP contribution in [-0.2, 0) is 9.59 Å². The molecule has 2 atom stereocenters. The predicted molar refractivity (Wildman–Crippen MR) is 107 cm³/mol. The summed E-state index contributed by atoms with van der Waals surface area (Å²) in [4.78, 5) is 29.6. The Balaban J connectivity index is 1.85. The summed E-state index contributed by atoms with van der Waals surface area (Å²) in [5.74, 6) is -1.50. The first-order valence-electron chi connectivity index (χ1n) is 9.75. The van der Waals surface area contributed by atoms with Crippen LogP contribution in [0.15, 0.2) is 54.2 Å². The zero-order chi connectivity index (χ0) is 20.7. The van der Waals surface area contributed by atoms with Crippen molar-refractivity contribution in [1.82, 2.24) is 4.90 Å². The van der Waals surface area contributed by atoms with E-state index in [9.17, 15) is 18.4 Å². The molecule has 1 fully saturated rings. The lowest BCUT2D eigenvalue weighted by atomic mass is 9.91. The molecule has 29 heavy (non-hydrogen) atoms. The summed E-state index contributed by atoms with van der Waals surface area (Å²) in [6, 6.07) is 11.2. The Morgan fingerprint density at radius 3 is 2.10 bits per heavy atom. The first-order valence-corrected chi connectivity index (χ1v) is 9.75. The fourth-order valence-electron chi connectivity index (χ4n) is 4.39. The van der Waals surface area contributed by atoms with Gasteiger partial charge in [-0.05, 0) is 48.1 Å². The van der Waals surface area contributed by atoms with Crippen LogP contribution >= 0.6 is 0 Å². The highest BCUT2D eigenvalue weighted by Gasteiger charge is 2.44. The number of rotatable bonds is 3. The highest BCUT2D eigenvalue weighted by Crippen LogP contribution is 2.37. The monoisotopic (exact) mass is 396 g/mol. The molecule has 2 amide bonds. The number of halogens is 2. The Labute approximate surface area is 168 Å². The minimum Gasteiger partial charge on any atom is -0.366 e. The van der Waals surface area contributed by atoms with Crippen molar-refractivity contribution in [3.8, 4) is 0 Å². The molecule has 0 aliphatic carbocycles. The fourth-order valence-corrected chi connectivity index (χ4v) is 4.39. The number of hydrogen-bond acceptors (Lipinski definition) is 3. The largest absolute Gasteiger partial charge is 0.366 e. The molecule has 2 aliphatic heterocycles. The molecule has 0 radical (unpaired) electrons. The number of amides is 2. The standard InChI is InChI=1S/C23H22F2N2O2/c1-14-11-15(2)13-26(12-14)21-20(16-7-9-17(24)10-8-16)22(28)27(23(21)29)19-6-4-3-5-18(19)25/h3-10,14-15H,11-13H2,1-2H3. The van der Waals surface area contributed by atoms with Crippen LogP contribution in [0.4, 0.5) is 14.5 Å². The van der Waals surface area contributed by atoms with E-state index in [1.807, 2.05) is 4.90 Å². The molecular weight excluding hydrogens is 374 g/mol. The lowest BCUT2D eigenvalue weighted by Crippen LogP contribution is -2.42. The molecule has 0 saturated carbocycles. The minimum absolute atomic E-state index is 0.0739. The Bertz CT molecular complexity index is 990. The number of imide groups is 1. The molecule has 6 heteroatoms. The smallest absolute Gasteiger partial charge is 0.282 e. The van der Waals surface area contributed by atoms with E-state index in [-0.39, 0.29) is 17.0 Å². The van der Waals surface area contributed by atoms with Crippen LogP contribution in [-0.4, -0.2) is 29.8 Å². The second-order valence-corrected chi connectivity index (χ2v) is 7.98. The second kappa shape index (κ2) is 7.43. The molecule has 4 rings (SSSR count). The fraction of sp³-hybridized carbons (Fsp3) is 0.304. The van der Waals surface area contributed by atoms with Gasteiger partial charge in [-0.3, -0.25) is 9.59 Å². The number of carbonyl (C=O) groups excluding carboxylic acids is 2. The zero-order valence-electron chi connectivity index (χ0n) is 16.4. The average Bonchev–Trinajstić information content (AvgIpc) is 2.93. The molecular formula is C23H22F2N2O2. The molecule has 2 aliphatic rings. The molecule has 0 spiro atoms. The van der Waals surface area contributed by atoms with E-state index >= 15 is 0 Å². The summed E-state index contributed by atoms with van der Waals surface area (Å²) in [5.41, 5.74) is 0.836. The van der Waals surface area contributed by atoms with Crippen molar-refractivity contribution in [1.29, 1.82) is 0 Å². The van der Waals surface area contributed by atoms with E-state index in [1.165, 1.54) is 42.5 Å². The van der Waals surface area contributed by atoms with Gasteiger partial charge < -0.3 is 4.90 Å². The number of para-hydroxylation sites is 1. The Morgan fingerprint density at radius 1 is 0.862 bits per heavy atom. The third-order valence-corrected chi connectivity index (χ3v) is 5.47. The quantitative estimate of drug-likeness (QED) is 0.729. The summed E-state index contributed by atoms with van der Waals surface area (Å²) in [7, 11) is 0. The molecule has 0 aromatic heterocycles. The van der Waals surface area contributed by atoms with Crippen molar-refractivity contribution < 1.29 is 18.4 Å². The maximum Gasteiger partial charge on any atom is 0.282 e. The van der Waals surface area contributed by atoms with Gasteiger partial charge in [0.05, 0.1) is 11.3 Å². The highest BCUT2D eigenvalue weighted by atomic mass is 19.1. The lowest BCUT2D eigenvalue weighted by molar-refractivity contribution is -0.121. The van der Waals surface area contributed by atoms with E-state index in [0.29, 0.717) is 30.5 Å². The number of hydrogen-bond donors (Lipinski definition) is 0. The van der Waals surface area contributed by atoms with Crippen LogP contribution in [0.3, 0.4) is 0 Å². The van der Waals surface area contributed by atoms with Crippen LogP contribution < -0.4 is 4.90 Å². The summed E-state index contributed by atoms with van der Waals surface area (Å²) >= 11 is 0. The van der Waals surface area contributed by atoms with Crippen molar-refractivity contribution in [2.75, 3.05) is 18.0 Å². The Morgan fingerprint density at radius 2 is 1.48 bits per heavy atom. The maximum absolute atomic E-state index is 14.4. The second-order valence-electron chi connectivity index (χ2n) is 7.98. The number of benzene rings is 2. The average molecular weight is 396 g/mol. The summed E-state index contributed by atoms with van der Waals surface area (Å²) in [6.07, 6.45) is 1.04. The van der Waals surface area contributed by atoms with Crippen LogP contribution in [0.5, 0.6) is 0 Å². The van der Waals surface area contributed by atoms with Crippen LogP contribution in [0.2, 0.25) is 0 Å². The number of likely N-dealkylation sites (tertiary alicyclic amines) is 1. The third kappa shape index (κ3) is 3.43. The summed E-state index contributed by atoms with van der Waals surface area (Å²) in [5, 5.41) is 0. The third-order valence-electron chi connectivity index (χ3n) is 5.47. The van der Waals surface area contributed by atoms with E-state index in [2.05, 4.69) is 13.8 Å². The molecule has 150 valence electrons. The maximum atomic E-state index is 14.4. The molecule has 0 bridgehead atoms. The van der Waals surface area contributed by atoms with Gasteiger partial charge in [0.15, 0.2) is 0 Å². The molecule has 2 aromatic rings. The topological polar surface area (TPSA) is 40.6 Å². The van der Waals surface area contributed by atoms with E-state index in [1.54, 1.807) is 6.07 Å². The SMILES string of the molecule is CC1CC(C)CN(C2=C(c3ccc(F)cc3)C(=O)N(c3ccccc3F)C2=O)C1. The molecule has 1 saturated heterocycles. The Kier molecular flexibility index (Phi) is 4.94. The van der Waals surface area contributed by atoms with E-state index < -0.39 is 23.4 Å². The van der Waals surface area contributed by atoms with Gasteiger partial charge in [-0.25, -0.2) is 13.7 Å². The molecule has 2 aromatic carbocycles. The van der Waals surface area contributed by atoms with Gasteiger partial charge in [0.1, 0.15) is 17.3 Å². The normalized spacial score (nSPS) is 22.6. The first kappa shape index (κ1) is 19.3. The molecule has 2 unspecified atom stereocenters. The van der Waals surface area contributed by atoms with Gasteiger partial charge in [-0.15, -0.1) is 0 Å². The van der Waals surface area contributed by atoms with Gasteiger partial charge >= 0.3 is 0 Å². The first-order chi connectivity index (χ1) is 13.9. The van der Waals surface area contributed by atoms with Gasteiger partial charge in [0, 0.05) is 13.1 Å². The number of carbonyl (C=O) groups is 2. The number of nitrogens with zero attached hydrogens (tertiary/aromatic N) is 2. The number of piperidine rings is 1. The molecule has 0 N–H and O–H groups in total. The van der Waals surface area contributed by atoms with Crippen molar-refractivity contribution in [3.05, 3.63) is 71.4 Å². The highest BCUT2D eigenvalue weighted by molar-refractivity contribution is 6.45. The van der Waals surface area contributed by atoms with Crippen molar-refractivity contribution in [2.24, 2.45) is 11.8 Å². The van der Waals surface area contributed by atoms with Crippen LogP contribution in [0, 0.1) is 23.5 Å². The molecule has 4 nitrogen and oxygen atoms in total. The van der Waals surface area contributed by atoms with E-state index in [4.69, 9.17) is 0 Å². The number of anilines is 1. The van der Waals surface area contributed by atoms with Gasteiger partial charge in [0.2, 0.25) is 0 Å². The van der Waals surface area contributed by atoms with Gasteiger partial charge in [-0.2, -0.15) is 0 Å².